The van der Waals surface area contributed by atoms with Crippen LogP contribution in [-0.2, 0) is 10.2 Å². The van der Waals surface area contributed by atoms with Gasteiger partial charge in [0.25, 0.3) is 0 Å². The third-order valence-electron chi connectivity index (χ3n) is 5.91. The number of rotatable bonds is 5. The first-order chi connectivity index (χ1) is 14.9. The van der Waals surface area contributed by atoms with Gasteiger partial charge in [0.15, 0.2) is 0 Å². The molecule has 0 aliphatic heterocycles. The number of amides is 1. The molecule has 1 aromatic heterocycles. The van der Waals surface area contributed by atoms with Crippen LogP contribution >= 0.6 is 0 Å². The topological polar surface area (TPSA) is 45.2 Å². The highest BCUT2D eigenvalue weighted by Gasteiger charge is 2.37. The number of nitrogens with one attached hydrogen (secondary N) is 1. The Hall–Kier alpha value is -2.64. The van der Waals surface area contributed by atoms with Gasteiger partial charge in [-0.05, 0) is 42.0 Å². The summed E-state index contributed by atoms with van der Waals surface area (Å²) in [5.41, 5.74) is 0.848. The van der Waals surface area contributed by atoms with Crippen LogP contribution in [0.1, 0.15) is 63.6 Å². The summed E-state index contributed by atoms with van der Waals surface area (Å²) in [6.07, 6.45) is 2.13. The van der Waals surface area contributed by atoms with Crippen LogP contribution in [0.3, 0.4) is 0 Å². The van der Waals surface area contributed by atoms with E-state index in [1.54, 1.807) is 24.1 Å². The Morgan fingerprint density at radius 2 is 1.81 bits per heavy atom. The molecule has 0 radical (unpaired) electrons. The fourth-order valence-corrected chi connectivity index (χ4v) is 4.07. The van der Waals surface area contributed by atoms with Crippen molar-refractivity contribution in [1.29, 1.82) is 0 Å². The van der Waals surface area contributed by atoms with Gasteiger partial charge in [-0.3, -0.25) is 9.78 Å². The number of carbonyl (C=O) groups is 1. The van der Waals surface area contributed by atoms with Gasteiger partial charge in [-0.15, -0.1) is 0 Å². The molecule has 0 bridgehead atoms. The average Bonchev–Trinajstić information content (AvgIpc) is 2.69. The first-order valence-corrected chi connectivity index (χ1v) is 10.7. The van der Waals surface area contributed by atoms with Crippen LogP contribution in [0.15, 0.2) is 36.7 Å². The zero-order valence-electron chi connectivity index (χ0n) is 18.8. The lowest BCUT2D eigenvalue weighted by Crippen LogP contribution is -2.46. The SMILES string of the molecule is CN(c1ccc(C(C)(C)C)c(F)c1)C(C(=O)NC1CCC(F)(F)CC1)c1cncc(F)c1. The molecule has 1 unspecified atom stereocenters. The lowest BCUT2D eigenvalue weighted by atomic mass is 9.86. The lowest BCUT2D eigenvalue weighted by molar-refractivity contribution is -0.124. The average molecular weight is 452 g/mol. The van der Waals surface area contributed by atoms with Gasteiger partial charge in [-0.25, -0.2) is 17.6 Å². The molecule has 0 saturated heterocycles. The van der Waals surface area contributed by atoms with Crippen LogP contribution in [0.2, 0.25) is 0 Å². The number of carbonyl (C=O) groups excluding carboxylic acids is 1. The van der Waals surface area contributed by atoms with Crippen molar-refractivity contribution in [3.63, 3.8) is 0 Å². The highest BCUT2D eigenvalue weighted by molar-refractivity contribution is 5.86. The number of aromatic nitrogens is 1. The summed E-state index contributed by atoms with van der Waals surface area (Å²) in [4.78, 5) is 18.6. The van der Waals surface area contributed by atoms with E-state index in [4.69, 9.17) is 0 Å². The minimum atomic E-state index is -2.71. The quantitative estimate of drug-likeness (QED) is 0.608. The summed E-state index contributed by atoms with van der Waals surface area (Å²) in [7, 11) is 1.61. The molecule has 1 N–H and O–H groups in total. The second-order valence-electron chi connectivity index (χ2n) is 9.50. The molecule has 174 valence electrons. The fourth-order valence-electron chi connectivity index (χ4n) is 4.07. The van der Waals surface area contributed by atoms with Crippen molar-refractivity contribution < 1.29 is 22.4 Å². The van der Waals surface area contributed by atoms with Crippen molar-refractivity contribution in [3.05, 3.63) is 59.4 Å². The van der Waals surface area contributed by atoms with Crippen LogP contribution in [0.4, 0.5) is 23.2 Å². The smallest absolute Gasteiger partial charge is 0.248 e. The van der Waals surface area contributed by atoms with Crippen molar-refractivity contribution in [1.82, 2.24) is 10.3 Å². The van der Waals surface area contributed by atoms with Gasteiger partial charge in [-0.2, -0.15) is 0 Å². The summed E-state index contributed by atoms with van der Waals surface area (Å²) < 4.78 is 55.7. The van der Waals surface area contributed by atoms with E-state index in [1.807, 2.05) is 20.8 Å². The van der Waals surface area contributed by atoms with Crippen LogP contribution in [-0.4, -0.2) is 29.9 Å². The van der Waals surface area contributed by atoms with Crippen LogP contribution < -0.4 is 10.2 Å². The molecule has 1 atom stereocenters. The maximum atomic E-state index is 14.8. The number of nitrogens with zero attached hydrogens (tertiary/aromatic N) is 2. The van der Waals surface area contributed by atoms with Crippen molar-refractivity contribution in [3.8, 4) is 0 Å². The van der Waals surface area contributed by atoms with Gasteiger partial charge in [0, 0.05) is 43.4 Å². The van der Waals surface area contributed by atoms with E-state index in [9.17, 15) is 22.4 Å². The van der Waals surface area contributed by atoms with Crippen LogP contribution in [0.5, 0.6) is 0 Å². The predicted molar refractivity (Wildman–Crippen MR) is 116 cm³/mol. The molecule has 1 aromatic carbocycles. The largest absolute Gasteiger partial charge is 0.359 e. The van der Waals surface area contributed by atoms with Gasteiger partial charge in [-0.1, -0.05) is 26.8 Å². The molecule has 1 fully saturated rings. The molecule has 3 rings (SSSR count). The number of anilines is 1. The molecule has 1 saturated carbocycles. The van der Waals surface area contributed by atoms with Crippen LogP contribution in [0.25, 0.3) is 0 Å². The molecule has 1 heterocycles. The molecule has 32 heavy (non-hydrogen) atoms. The first-order valence-electron chi connectivity index (χ1n) is 10.7. The summed E-state index contributed by atoms with van der Waals surface area (Å²) in [6, 6.07) is 4.50. The minimum absolute atomic E-state index is 0.158. The standard InChI is InChI=1S/C24H29F4N3O/c1-23(2,3)19-6-5-18(12-20(19)26)31(4)21(15-11-16(25)14-29-13-15)22(32)30-17-7-9-24(27,28)10-8-17/h5-6,11-14,17,21H,7-10H2,1-4H3,(H,30,32). The fraction of sp³-hybridized carbons (Fsp3) is 0.500. The number of halogens is 4. The molecule has 8 heteroatoms. The van der Waals surface area contributed by atoms with Crippen molar-refractivity contribution in [2.45, 2.75) is 69.9 Å². The Balaban J connectivity index is 1.89. The van der Waals surface area contributed by atoms with Gasteiger partial charge in [0.2, 0.25) is 11.8 Å². The Kier molecular flexibility index (Phi) is 6.81. The number of hydrogen-bond donors (Lipinski definition) is 1. The Labute approximate surface area is 186 Å². The van der Waals surface area contributed by atoms with Crippen molar-refractivity contribution in [2.75, 3.05) is 11.9 Å². The molecular weight excluding hydrogens is 422 g/mol. The monoisotopic (exact) mass is 451 g/mol. The summed E-state index contributed by atoms with van der Waals surface area (Å²) in [6.45, 7) is 5.70. The van der Waals surface area contributed by atoms with Crippen molar-refractivity contribution in [2.24, 2.45) is 0 Å². The molecule has 1 aliphatic carbocycles. The highest BCUT2D eigenvalue weighted by Crippen LogP contribution is 2.34. The van der Waals surface area contributed by atoms with Gasteiger partial charge >= 0.3 is 0 Å². The number of alkyl halides is 2. The second-order valence-corrected chi connectivity index (χ2v) is 9.50. The third kappa shape index (κ3) is 5.58. The van der Waals surface area contributed by atoms with Crippen LogP contribution in [0, 0.1) is 11.6 Å². The second kappa shape index (κ2) is 9.08. The van der Waals surface area contributed by atoms with E-state index < -0.39 is 41.0 Å². The highest BCUT2D eigenvalue weighted by atomic mass is 19.3. The summed E-state index contributed by atoms with van der Waals surface area (Å²) >= 11 is 0. The Bertz CT molecular complexity index is 964. The maximum Gasteiger partial charge on any atom is 0.248 e. The minimum Gasteiger partial charge on any atom is -0.359 e. The predicted octanol–water partition coefficient (Wildman–Crippen LogP) is 5.53. The zero-order chi connectivity index (χ0) is 23.7. The number of pyridine rings is 1. The van der Waals surface area contributed by atoms with Gasteiger partial charge < -0.3 is 10.2 Å². The van der Waals surface area contributed by atoms with Gasteiger partial charge in [0.05, 0.1) is 6.20 Å². The van der Waals surface area contributed by atoms with E-state index in [2.05, 4.69) is 10.3 Å². The Morgan fingerprint density at radius 1 is 1.16 bits per heavy atom. The van der Waals surface area contributed by atoms with E-state index in [-0.39, 0.29) is 31.2 Å². The van der Waals surface area contributed by atoms with Crippen molar-refractivity contribution >= 4 is 11.6 Å². The first kappa shape index (κ1) is 24.0. The van der Waals surface area contributed by atoms with Gasteiger partial charge in [0.1, 0.15) is 17.7 Å². The maximum absolute atomic E-state index is 14.8. The molecule has 1 aliphatic rings. The van der Waals surface area contributed by atoms with E-state index in [0.29, 0.717) is 11.3 Å². The molecule has 4 nitrogen and oxygen atoms in total. The molecule has 2 aromatic rings. The lowest BCUT2D eigenvalue weighted by Gasteiger charge is -2.33. The summed E-state index contributed by atoms with van der Waals surface area (Å²) in [5.74, 6) is -4.21. The molecule has 1 amide bonds. The summed E-state index contributed by atoms with van der Waals surface area (Å²) in [5, 5.41) is 2.82. The number of likely N-dealkylation sites (N-methyl/N-ethyl adjacent to an activating group) is 1. The number of benzene rings is 1. The van der Waals surface area contributed by atoms with E-state index >= 15 is 0 Å². The van der Waals surface area contributed by atoms with E-state index in [1.165, 1.54) is 18.3 Å². The normalized spacial score (nSPS) is 17.6. The zero-order valence-corrected chi connectivity index (χ0v) is 18.8. The Morgan fingerprint density at radius 3 is 2.38 bits per heavy atom. The molecular formula is C24H29F4N3O. The number of hydrogen-bond acceptors (Lipinski definition) is 3. The molecule has 0 spiro atoms. The van der Waals surface area contributed by atoms with E-state index in [0.717, 1.165) is 6.20 Å². The third-order valence-corrected chi connectivity index (χ3v) is 5.91.